The monoisotopic (exact) mass is 392 g/mol. The fourth-order valence-electron chi connectivity index (χ4n) is 2.87. The van der Waals surface area contributed by atoms with E-state index in [2.05, 4.69) is 22.8 Å². The van der Waals surface area contributed by atoms with Crippen molar-refractivity contribution >= 4 is 46.5 Å². The van der Waals surface area contributed by atoms with Crippen LogP contribution in [0.5, 0.6) is 0 Å². The fraction of sp³-hybridized carbons (Fsp3) is 0.136. The molecule has 3 nitrogen and oxygen atoms in total. The molecule has 0 spiro atoms. The van der Waals surface area contributed by atoms with Crippen molar-refractivity contribution in [2.45, 2.75) is 4.58 Å². The van der Waals surface area contributed by atoms with E-state index in [1.54, 1.807) is 0 Å². The van der Waals surface area contributed by atoms with Gasteiger partial charge in [0, 0.05) is 34.1 Å². The SMILES string of the molecule is O=C(Nc1ccc(Nc2ccccc2)cc1)c1ccc(C2SCCS2)cc1. The molecule has 3 aromatic rings. The van der Waals surface area contributed by atoms with E-state index in [0.717, 1.165) is 17.1 Å². The highest BCUT2D eigenvalue weighted by Crippen LogP contribution is 2.45. The number of carbonyl (C=O) groups excluding carboxylic acids is 1. The molecule has 0 atom stereocenters. The van der Waals surface area contributed by atoms with E-state index in [9.17, 15) is 4.79 Å². The van der Waals surface area contributed by atoms with E-state index in [-0.39, 0.29) is 5.91 Å². The molecule has 0 aliphatic carbocycles. The first-order valence-electron chi connectivity index (χ1n) is 8.84. The van der Waals surface area contributed by atoms with Crippen LogP contribution in [0.2, 0.25) is 0 Å². The summed E-state index contributed by atoms with van der Waals surface area (Å²) in [7, 11) is 0. The molecular weight excluding hydrogens is 372 g/mol. The number of carbonyl (C=O) groups is 1. The van der Waals surface area contributed by atoms with Crippen molar-refractivity contribution in [1.82, 2.24) is 0 Å². The van der Waals surface area contributed by atoms with Crippen molar-refractivity contribution in [1.29, 1.82) is 0 Å². The van der Waals surface area contributed by atoms with Gasteiger partial charge in [0.2, 0.25) is 0 Å². The molecule has 1 amide bonds. The second-order valence-electron chi connectivity index (χ2n) is 6.22. The highest BCUT2D eigenvalue weighted by Gasteiger charge is 2.18. The van der Waals surface area contributed by atoms with Gasteiger partial charge in [0.1, 0.15) is 0 Å². The van der Waals surface area contributed by atoms with E-state index in [1.807, 2.05) is 90.3 Å². The first kappa shape index (κ1) is 18.0. The summed E-state index contributed by atoms with van der Waals surface area (Å²) in [5.41, 5.74) is 4.77. The molecule has 0 aromatic heterocycles. The first-order valence-corrected chi connectivity index (χ1v) is 10.9. The van der Waals surface area contributed by atoms with Gasteiger partial charge in [-0.15, -0.1) is 23.5 Å². The third kappa shape index (κ3) is 4.67. The van der Waals surface area contributed by atoms with Crippen LogP contribution in [-0.4, -0.2) is 17.4 Å². The molecule has 1 aliphatic heterocycles. The Kier molecular flexibility index (Phi) is 5.70. The summed E-state index contributed by atoms with van der Waals surface area (Å²) in [6, 6.07) is 25.7. The average Bonchev–Trinajstić information content (AvgIpc) is 3.25. The van der Waals surface area contributed by atoms with Gasteiger partial charge < -0.3 is 10.6 Å². The van der Waals surface area contributed by atoms with Gasteiger partial charge in [0.25, 0.3) is 5.91 Å². The predicted octanol–water partition coefficient (Wildman–Crippen LogP) is 6.16. The Bertz CT molecular complexity index is 890. The van der Waals surface area contributed by atoms with E-state index in [1.165, 1.54) is 17.1 Å². The van der Waals surface area contributed by atoms with Gasteiger partial charge in [0.05, 0.1) is 4.58 Å². The lowest BCUT2D eigenvalue weighted by atomic mass is 10.1. The third-order valence-corrected chi connectivity index (χ3v) is 7.38. The van der Waals surface area contributed by atoms with Crippen LogP contribution >= 0.6 is 23.5 Å². The second kappa shape index (κ2) is 8.55. The van der Waals surface area contributed by atoms with Gasteiger partial charge in [-0.05, 0) is 54.1 Å². The number of hydrogen-bond donors (Lipinski definition) is 2. The lowest BCUT2D eigenvalue weighted by Crippen LogP contribution is -2.11. The zero-order valence-electron chi connectivity index (χ0n) is 14.7. The van der Waals surface area contributed by atoms with Gasteiger partial charge >= 0.3 is 0 Å². The summed E-state index contributed by atoms with van der Waals surface area (Å²) in [5, 5.41) is 6.29. The molecule has 1 heterocycles. The summed E-state index contributed by atoms with van der Waals surface area (Å²) in [6.07, 6.45) is 0. The number of benzene rings is 3. The Balaban J connectivity index is 1.37. The number of hydrogen-bond acceptors (Lipinski definition) is 4. The van der Waals surface area contributed by atoms with E-state index >= 15 is 0 Å². The normalized spacial score (nSPS) is 14.1. The minimum Gasteiger partial charge on any atom is -0.356 e. The molecule has 136 valence electrons. The van der Waals surface area contributed by atoms with Crippen LogP contribution in [0.25, 0.3) is 0 Å². The minimum atomic E-state index is -0.0861. The number of para-hydroxylation sites is 1. The van der Waals surface area contributed by atoms with Crippen molar-refractivity contribution in [3.8, 4) is 0 Å². The number of nitrogens with one attached hydrogen (secondary N) is 2. The van der Waals surface area contributed by atoms with Gasteiger partial charge in [-0.3, -0.25) is 4.79 Å². The topological polar surface area (TPSA) is 41.1 Å². The number of amides is 1. The lowest BCUT2D eigenvalue weighted by molar-refractivity contribution is 0.102. The molecule has 3 aromatic carbocycles. The average molecular weight is 393 g/mol. The molecular formula is C22H20N2OS2. The summed E-state index contributed by atoms with van der Waals surface area (Å²) in [5.74, 6) is 2.32. The minimum absolute atomic E-state index is 0.0861. The molecule has 0 unspecified atom stereocenters. The molecule has 2 N–H and O–H groups in total. The van der Waals surface area contributed by atoms with Gasteiger partial charge in [-0.2, -0.15) is 0 Å². The second-order valence-corrected chi connectivity index (χ2v) is 8.94. The Morgan fingerprint density at radius 1 is 0.741 bits per heavy atom. The molecule has 1 fully saturated rings. The summed E-state index contributed by atoms with van der Waals surface area (Å²) in [4.78, 5) is 12.5. The summed E-state index contributed by atoms with van der Waals surface area (Å²) >= 11 is 3.94. The first-order chi connectivity index (χ1) is 13.3. The van der Waals surface area contributed by atoms with Crippen LogP contribution in [0.1, 0.15) is 20.5 Å². The molecule has 1 aliphatic rings. The van der Waals surface area contributed by atoms with Gasteiger partial charge in [0.15, 0.2) is 0 Å². The Morgan fingerprint density at radius 3 is 2.00 bits per heavy atom. The fourth-order valence-corrected chi connectivity index (χ4v) is 5.73. The Morgan fingerprint density at radius 2 is 1.33 bits per heavy atom. The molecule has 1 saturated heterocycles. The van der Waals surface area contributed by atoms with Crippen molar-refractivity contribution in [2.75, 3.05) is 22.1 Å². The number of thioether (sulfide) groups is 2. The smallest absolute Gasteiger partial charge is 0.255 e. The van der Waals surface area contributed by atoms with E-state index in [4.69, 9.17) is 0 Å². The molecule has 27 heavy (non-hydrogen) atoms. The zero-order valence-corrected chi connectivity index (χ0v) is 16.4. The number of anilines is 3. The maximum atomic E-state index is 12.5. The van der Waals surface area contributed by atoms with Crippen molar-refractivity contribution in [2.24, 2.45) is 0 Å². The summed E-state index contributed by atoms with van der Waals surface area (Å²) < 4.78 is 0.506. The zero-order chi connectivity index (χ0) is 18.5. The van der Waals surface area contributed by atoms with Crippen molar-refractivity contribution in [3.05, 3.63) is 90.0 Å². The molecule has 0 bridgehead atoms. The highest BCUT2D eigenvalue weighted by atomic mass is 32.2. The lowest BCUT2D eigenvalue weighted by Gasteiger charge is -2.10. The standard InChI is InChI=1S/C22H20N2OS2/c25-21(16-6-8-17(9-7-16)22-26-14-15-27-22)24-20-12-10-19(11-13-20)23-18-4-2-1-3-5-18/h1-13,22-23H,14-15H2,(H,24,25). The summed E-state index contributed by atoms with van der Waals surface area (Å²) in [6.45, 7) is 0. The van der Waals surface area contributed by atoms with Gasteiger partial charge in [-0.25, -0.2) is 0 Å². The highest BCUT2D eigenvalue weighted by molar-refractivity contribution is 8.19. The maximum Gasteiger partial charge on any atom is 0.255 e. The number of rotatable bonds is 5. The molecule has 4 rings (SSSR count). The quantitative estimate of drug-likeness (QED) is 0.545. The van der Waals surface area contributed by atoms with Crippen LogP contribution < -0.4 is 10.6 Å². The molecule has 0 saturated carbocycles. The van der Waals surface area contributed by atoms with Crippen LogP contribution in [0.3, 0.4) is 0 Å². The van der Waals surface area contributed by atoms with Crippen LogP contribution in [0.4, 0.5) is 17.1 Å². The largest absolute Gasteiger partial charge is 0.356 e. The third-order valence-electron chi connectivity index (χ3n) is 4.27. The van der Waals surface area contributed by atoms with Crippen LogP contribution in [-0.2, 0) is 0 Å². The van der Waals surface area contributed by atoms with Crippen LogP contribution in [0, 0.1) is 0 Å². The predicted molar refractivity (Wildman–Crippen MR) is 118 cm³/mol. The Hall–Kier alpha value is -2.37. The van der Waals surface area contributed by atoms with Crippen molar-refractivity contribution < 1.29 is 4.79 Å². The molecule has 5 heteroatoms. The Labute approximate surface area is 168 Å². The van der Waals surface area contributed by atoms with E-state index < -0.39 is 0 Å². The van der Waals surface area contributed by atoms with Crippen molar-refractivity contribution in [3.63, 3.8) is 0 Å². The van der Waals surface area contributed by atoms with Crippen LogP contribution in [0.15, 0.2) is 78.9 Å². The van der Waals surface area contributed by atoms with E-state index in [0.29, 0.717) is 10.1 Å². The molecule has 0 radical (unpaired) electrons. The maximum absolute atomic E-state index is 12.5. The van der Waals surface area contributed by atoms with Gasteiger partial charge in [-0.1, -0.05) is 30.3 Å².